The maximum Gasteiger partial charge on any atom is 0.276 e. The number of nitrogens with one attached hydrogen (secondary N) is 1. The first-order chi connectivity index (χ1) is 11.9. The van der Waals surface area contributed by atoms with Crippen LogP contribution in [-0.2, 0) is 0 Å². The maximum absolute atomic E-state index is 12.5. The van der Waals surface area contributed by atoms with Crippen LogP contribution >= 0.6 is 0 Å². The molecule has 3 aromatic rings. The molecule has 0 aliphatic carbocycles. The third kappa shape index (κ3) is 3.66. The number of amides is 1. The van der Waals surface area contributed by atoms with Crippen molar-refractivity contribution in [3.8, 4) is 5.69 Å². The predicted octanol–water partition coefficient (Wildman–Crippen LogP) is 3.94. The summed E-state index contributed by atoms with van der Waals surface area (Å²) in [6, 6.07) is 16.5. The van der Waals surface area contributed by atoms with Gasteiger partial charge >= 0.3 is 0 Å². The third-order valence-corrected chi connectivity index (χ3v) is 3.93. The van der Waals surface area contributed by atoms with Gasteiger partial charge in [0, 0.05) is 16.9 Å². The molecule has 5 nitrogen and oxygen atoms in total. The zero-order valence-electron chi connectivity index (χ0n) is 14.4. The fourth-order valence-electron chi connectivity index (χ4n) is 2.54. The molecule has 5 heteroatoms. The van der Waals surface area contributed by atoms with Crippen LogP contribution in [0.25, 0.3) is 5.69 Å². The molecule has 0 aliphatic rings. The Morgan fingerprint density at radius 2 is 1.72 bits per heavy atom. The predicted molar refractivity (Wildman–Crippen MR) is 97.4 cm³/mol. The Balaban J connectivity index is 1.84. The molecule has 126 valence electrons. The zero-order chi connectivity index (χ0) is 18.0. The lowest BCUT2D eigenvalue weighted by Crippen LogP contribution is -2.13. The van der Waals surface area contributed by atoms with Gasteiger partial charge in [-0.3, -0.25) is 9.59 Å². The van der Waals surface area contributed by atoms with Gasteiger partial charge in [-0.25, -0.2) is 4.68 Å². The van der Waals surface area contributed by atoms with Gasteiger partial charge in [-0.2, -0.15) is 5.10 Å². The molecule has 0 atom stereocenters. The van der Waals surface area contributed by atoms with Gasteiger partial charge in [0.15, 0.2) is 11.5 Å². The first-order valence-corrected chi connectivity index (χ1v) is 8.00. The Morgan fingerprint density at radius 3 is 2.40 bits per heavy atom. The highest BCUT2D eigenvalue weighted by molar-refractivity contribution is 6.04. The number of carbonyl (C=O) groups excluding carboxylic acids is 2. The average molecular weight is 333 g/mol. The molecule has 3 rings (SSSR count). The highest BCUT2D eigenvalue weighted by Gasteiger charge is 2.14. The lowest BCUT2D eigenvalue weighted by Gasteiger charge is -2.05. The van der Waals surface area contributed by atoms with E-state index in [9.17, 15) is 9.59 Å². The monoisotopic (exact) mass is 333 g/mol. The second-order valence-corrected chi connectivity index (χ2v) is 6.01. The fraction of sp³-hybridized carbons (Fsp3) is 0.150. The van der Waals surface area contributed by atoms with Gasteiger partial charge in [0.1, 0.15) is 0 Å². The van der Waals surface area contributed by atoms with E-state index in [0.717, 1.165) is 16.9 Å². The molecular weight excluding hydrogens is 314 g/mol. The van der Waals surface area contributed by atoms with Crippen molar-refractivity contribution in [3.05, 3.63) is 77.1 Å². The van der Waals surface area contributed by atoms with E-state index in [-0.39, 0.29) is 11.7 Å². The number of aromatic nitrogens is 2. The van der Waals surface area contributed by atoms with Gasteiger partial charge in [0.25, 0.3) is 5.91 Å². The van der Waals surface area contributed by atoms with Crippen LogP contribution in [0, 0.1) is 13.8 Å². The molecule has 25 heavy (non-hydrogen) atoms. The lowest BCUT2D eigenvalue weighted by atomic mass is 10.1. The Morgan fingerprint density at radius 1 is 1.00 bits per heavy atom. The van der Waals surface area contributed by atoms with E-state index in [1.165, 1.54) is 6.92 Å². The molecule has 0 bridgehead atoms. The topological polar surface area (TPSA) is 64.0 Å². The molecule has 0 fully saturated rings. The first-order valence-electron chi connectivity index (χ1n) is 8.00. The number of hydrogen-bond acceptors (Lipinski definition) is 3. The standard InChI is InChI=1S/C20H19N3O2/c1-13-7-9-18(10-8-13)23-14(2)11-19(22-23)20(25)21-17-6-4-5-16(12-17)15(3)24/h4-12H,1-3H3,(H,21,25). The van der Waals surface area contributed by atoms with Crippen molar-refractivity contribution in [3.63, 3.8) is 0 Å². The van der Waals surface area contributed by atoms with E-state index in [4.69, 9.17) is 0 Å². The summed E-state index contributed by atoms with van der Waals surface area (Å²) in [6.07, 6.45) is 0. The smallest absolute Gasteiger partial charge is 0.276 e. The minimum atomic E-state index is -0.310. The summed E-state index contributed by atoms with van der Waals surface area (Å²) < 4.78 is 1.74. The van der Waals surface area contributed by atoms with Crippen LogP contribution in [0.2, 0.25) is 0 Å². The average Bonchev–Trinajstić information content (AvgIpc) is 2.98. The highest BCUT2D eigenvalue weighted by atomic mass is 16.2. The highest BCUT2D eigenvalue weighted by Crippen LogP contribution is 2.16. The van der Waals surface area contributed by atoms with Gasteiger partial charge < -0.3 is 5.32 Å². The van der Waals surface area contributed by atoms with E-state index in [0.29, 0.717) is 16.9 Å². The number of anilines is 1. The SMILES string of the molecule is CC(=O)c1cccc(NC(=O)c2cc(C)n(-c3ccc(C)cc3)n2)c1. The van der Waals surface area contributed by atoms with Crippen LogP contribution in [0.15, 0.2) is 54.6 Å². The molecule has 1 N–H and O–H groups in total. The van der Waals surface area contributed by atoms with E-state index in [1.54, 1.807) is 35.0 Å². The first kappa shape index (κ1) is 16.6. The molecule has 2 aromatic carbocycles. The molecule has 0 spiro atoms. The number of Topliss-reactive ketones (excluding diaryl/α,β-unsaturated/α-hetero) is 1. The number of hydrogen-bond donors (Lipinski definition) is 1. The van der Waals surface area contributed by atoms with Crippen LogP contribution < -0.4 is 5.32 Å². The molecule has 0 unspecified atom stereocenters. The minimum absolute atomic E-state index is 0.0457. The number of ketones is 1. The van der Waals surface area contributed by atoms with Crippen LogP contribution in [0.3, 0.4) is 0 Å². The van der Waals surface area contributed by atoms with Gasteiger partial charge in [0.05, 0.1) is 5.69 Å². The van der Waals surface area contributed by atoms with Crippen molar-refractivity contribution in [1.29, 1.82) is 0 Å². The third-order valence-electron chi connectivity index (χ3n) is 3.93. The molecule has 0 aliphatic heterocycles. The summed E-state index contributed by atoms with van der Waals surface area (Å²) in [6.45, 7) is 5.42. The zero-order valence-corrected chi connectivity index (χ0v) is 14.4. The van der Waals surface area contributed by atoms with Gasteiger partial charge in [0.2, 0.25) is 0 Å². The Bertz CT molecular complexity index is 940. The van der Waals surface area contributed by atoms with Crippen molar-refractivity contribution in [2.24, 2.45) is 0 Å². The van der Waals surface area contributed by atoms with Crippen LogP contribution in [0.5, 0.6) is 0 Å². The summed E-state index contributed by atoms with van der Waals surface area (Å²) in [4.78, 5) is 23.9. The molecule has 1 heterocycles. The summed E-state index contributed by atoms with van der Waals surface area (Å²) >= 11 is 0. The second kappa shape index (κ2) is 6.73. The molecular formula is C20H19N3O2. The Kier molecular flexibility index (Phi) is 4.48. The lowest BCUT2D eigenvalue weighted by molar-refractivity contribution is 0.100. The van der Waals surface area contributed by atoms with Crippen molar-refractivity contribution >= 4 is 17.4 Å². The fourth-order valence-corrected chi connectivity index (χ4v) is 2.54. The number of nitrogens with zero attached hydrogens (tertiary/aromatic N) is 2. The number of rotatable bonds is 4. The van der Waals surface area contributed by atoms with Gasteiger partial charge in [-0.1, -0.05) is 29.8 Å². The Hall–Kier alpha value is -3.21. The van der Waals surface area contributed by atoms with E-state index < -0.39 is 0 Å². The number of aryl methyl sites for hydroxylation is 2. The maximum atomic E-state index is 12.5. The van der Waals surface area contributed by atoms with E-state index in [2.05, 4.69) is 10.4 Å². The minimum Gasteiger partial charge on any atom is -0.321 e. The quantitative estimate of drug-likeness (QED) is 0.735. The largest absolute Gasteiger partial charge is 0.321 e. The van der Waals surface area contributed by atoms with Crippen LogP contribution in [-0.4, -0.2) is 21.5 Å². The summed E-state index contributed by atoms with van der Waals surface area (Å²) in [7, 11) is 0. The van der Waals surface area contributed by atoms with Crippen molar-refractivity contribution in [1.82, 2.24) is 9.78 Å². The van der Waals surface area contributed by atoms with Crippen molar-refractivity contribution < 1.29 is 9.59 Å². The van der Waals surface area contributed by atoms with E-state index in [1.807, 2.05) is 38.1 Å². The van der Waals surface area contributed by atoms with Crippen LogP contribution in [0.1, 0.15) is 39.0 Å². The second-order valence-electron chi connectivity index (χ2n) is 6.01. The van der Waals surface area contributed by atoms with Crippen LogP contribution in [0.4, 0.5) is 5.69 Å². The summed E-state index contributed by atoms with van der Waals surface area (Å²) in [5.41, 5.74) is 4.38. The van der Waals surface area contributed by atoms with E-state index >= 15 is 0 Å². The molecule has 0 radical (unpaired) electrons. The molecule has 1 aromatic heterocycles. The summed E-state index contributed by atoms with van der Waals surface area (Å²) in [5, 5.41) is 7.19. The van der Waals surface area contributed by atoms with Crippen molar-refractivity contribution in [2.75, 3.05) is 5.32 Å². The molecule has 1 amide bonds. The summed E-state index contributed by atoms with van der Waals surface area (Å²) in [5.74, 6) is -0.356. The van der Waals surface area contributed by atoms with Crippen molar-refractivity contribution in [2.45, 2.75) is 20.8 Å². The normalized spacial score (nSPS) is 10.5. The Labute approximate surface area is 146 Å². The molecule has 0 saturated carbocycles. The molecule has 0 saturated heterocycles. The number of benzene rings is 2. The number of carbonyl (C=O) groups is 2. The van der Waals surface area contributed by atoms with Gasteiger partial charge in [-0.15, -0.1) is 0 Å². The van der Waals surface area contributed by atoms with Gasteiger partial charge in [-0.05, 0) is 51.1 Å².